The summed E-state index contributed by atoms with van der Waals surface area (Å²) in [4.78, 5) is 32.1. The minimum Gasteiger partial charge on any atom is -0.487 e. The van der Waals surface area contributed by atoms with Crippen molar-refractivity contribution in [3.05, 3.63) is 63.1 Å². The van der Waals surface area contributed by atoms with Gasteiger partial charge in [0.1, 0.15) is 12.4 Å². The molecule has 0 saturated carbocycles. The molecule has 0 fully saturated rings. The standard InChI is InChI=1S/C21H21N3O4S2/c1-3-27-20(26)10-16-12-30-21(23-16)24-19(25)9-6-15-4-7-18(8-5-15)28-11-17-13-29-14(2)22-17/h4-9,12-13H,3,10-11H2,1-2H3,(H,23,24,25)/b9-6+. The van der Waals surface area contributed by atoms with Crippen LogP contribution in [0.1, 0.15) is 28.9 Å². The van der Waals surface area contributed by atoms with E-state index in [0.717, 1.165) is 22.0 Å². The zero-order valence-electron chi connectivity index (χ0n) is 16.6. The first-order valence-corrected chi connectivity index (χ1v) is 11.0. The molecule has 0 unspecified atom stereocenters. The number of anilines is 1. The highest BCUT2D eigenvalue weighted by molar-refractivity contribution is 7.14. The average molecular weight is 444 g/mol. The van der Waals surface area contributed by atoms with E-state index in [1.807, 2.05) is 36.6 Å². The quantitative estimate of drug-likeness (QED) is 0.393. The summed E-state index contributed by atoms with van der Waals surface area (Å²) in [6.07, 6.45) is 3.23. The molecule has 1 amide bonds. The number of esters is 1. The summed E-state index contributed by atoms with van der Waals surface area (Å²) in [6, 6.07) is 7.43. The van der Waals surface area contributed by atoms with Gasteiger partial charge in [-0.3, -0.25) is 14.9 Å². The highest BCUT2D eigenvalue weighted by atomic mass is 32.1. The first kappa shape index (κ1) is 21.7. The minimum atomic E-state index is -0.338. The summed E-state index contributed by atoms with van der Waals surface area (Å²) in [5.74, 6) is 0.0973. The van der Waals surface area contributed by atoms with Crippen LogP contribution in [0.2, 0.25) is 0 Å². The van der Waals surface area contributed by atoms with Crippen LogP contribution in [-0.4, -0.2) is 28.5 Å². The SMILES string of the molecule is CCOC(=O)Cc1csc(NC(=O)/C=C/c2ccc(OCc3csc(C)n3)cc2)n1. The molecule has 9 heteroatoms. The van der Waals surface area contributed by atoms with Crippen LogP contribution >= 0.6 is 22.7 Å². The molecule has 2 aromatic heterocycles. The maximum atomic E-state index is 12.1. The number of rotatable bonds is 9. The van der Waals surface area contributed by atoms with Gasteiger partial charge in [0.2, 0.25) is 5.91 Å². The molecule has 0 spiro atoms. The van der Waals surface area contributed by atoms with Gasteiger partial charge in [-0.2, -0.15) is 0 Å². The normalized spacial score (nSPS) is 10.9. The molecule has 1 N–H and O–H groups in total. The molecule has 0 aliphatic rings. The number of benzene rings is 1. The number of carbonyl (C=O) groups is 2. The van der Waals surface area contributed by atoms with E-state index in [-0.39, 0.29) is 18.3 Å². The van der Waals surface area contributed by atoms with Gasteiger partial charge < -0.3 is 9.47 Å². The summed E-state index contributed by atoms with van der Waals surface area (Å²) in [6.45, 7) is 4.47. The van der Waals surface area contributed by atoms with Crippen LogP contribution in [0, 0.1) is 6.92 Å². The Hall–Kier alpha value is -3.04. The summed E-state index contributed by atoms with van der Waals surface area (Å²) in [5.41, 5.74) is 2.34. The fourth-order valence-electron chi connectivity index (χ4n) is 2.43. The summed E-state index contributed by atoms with van der Waals surface area (Å²) in [7, 11) is 0. The van der Waals surface area contributed by atoms with Crippen molar-refractivity contribution in [3.63, 3.8) is 0 Å². The smallest absolute Gasteiger partial charge is 0.311 e. The molecule has 0 aliphatic heterocycles. The second-order valence-electron chi connectivity index (χ2n) is 6.16. The maximum absolute atomic E-state index is 12.1. The van der Waals surface area contributed by atoms with E-state index in [2.05, 4.69) is 15.3 Å². The van der Waals surface area contributed by atoms with Crippen molar-refractivity contribution in [2.45, 2.75) is 26.9 Å². The van der Waals surface area contributed by atoms with E-state index in [9.17, 15) is 9.59 Å². The number of aromatic nitrogens is 2. The number of nitrogens with one attached hydrogen (secondary N) is 1. The van der Waals surface area contributed by atoms with Crippen LogP contribution in [-0.2, 0) is 27.4 Å². The van der Waals surface area contributed by atoms with Crippen LogP contribution < -0.4 is 10.1 Å². The zero-order valence-corrected chi connectivity index (χ0v) is 18.2. The molecule has 156 valence electrons. The average Bonchev–Trinajstić information content (AvgIpc) is 3.34. The second-order valence-corrected chi connectivity index (χ2v) is 8.08. The summed E-state index contributed by atoms with van der Waals surface area (Å²) < 4.78 is 10.6. The van der Waals surface area contributed by atoms with Crippen LogP contribution in [0.25, 0.3) is 6.08 Å². The molecule has 7 nitrogen and oxygen atoms in total. The van der Waals surface area contributed by atoms with Gasteiger partial charge >= 0.3 is 5.97 Å². The fourth-order valence-corrected chi connectivity index (χ4v) is 3.74. The van der Waals surface area contributed by atoms with Crippen molar-refractivity contribution >= 4 is 45.8 Å². The Kier molecular flexibility index (Phi) is 7.69. The lowest BCUT2D eigenvalue weighted by molar-refractivity contribution is -0.142. The molecule has 0 bridgehead atoms. The van der Waals surface area contributed by atoms with Crippen molar-refractivity contribution in [2.24, 2.45) is 0 Å². The number of nitrogens with zero attached hydrogens (tertiary/aromatic N) is 2. The Morgan fingerprint density at radius 1 is 1.10 bits per heavy atom. The van der Waals surface area contributed by atoms with Gasteiger partial charge in [-0.05, 0) is 37.6 Å². The Bertz CT molecular complexity index is 1030. The Morgan fingerprint density at radius 3 is 2.57 bits per heavy atom. The molecule has 30 heavy (non-hydrogen) atoms. The minimum absolute atomic E-state index is 0.0898. The van der Waals surface area contributed by atoms with E-state index in [4.69, 9.17) is 9.47 Å². The molecular weight excluding hydrogens is 422 g/mol. The molecular formula is C21H21N3O4S2. The molecule has 3 aromatic rings. The number of aryl methyl sites for hydroxylation is 1. The number of amides is 1. The number of hydrogen-bond acceptors (Lipinski definition) is 8. The van der Waals surface area contributed by atoms with Crippen LogP contribution in [0.4, 0.5) is 5.13 Å². The molecule has 2 heterocycles. The number of carbonyl (C=O) groups excluding carboxylic acids is 2. The highest BCUT2D eigenvalue weighted by Gasteiger charge is 2.09. The van der Waals surface area contributed by atoms with Crippen molar-refractivity contribution in [1.29, 1.82) is 0 Å². The maximum Gasteiger partial charge on any atom is 0.311 e. The van der Waals surface area contributed by atoms with Gasteiger partial charge in [0.05, 0.1) is 29.4 Å². The zero-order chi connectivity index (χ0) is 21.3. The Morgan fingerprint density at radius 2 is 1.87 bits per heavy atom. The third-order valence-electron chi connectivity index (χ3n) is 3.77. The molecule has 1 aromatic carbocycles. The lowest BCUT2D eigenvalue weighted by Crippen LogP contribution is -2.09. The molecule has 0 aliphatic carbocycles. The van der Waals surface area contributed by atoms with Crippen molar-refractivity contribution in [2.75, 3.05) is 11.9 Å². The highest BCUT2D eigenvalue weighted by Crippen LogP contribution is 2.18. The number of hydrogen-bond donors (Lipinski definition) is 1. The molecule has 0 atom stereocenters. The van der Waals surface area contributed by atoms with Crippen LogP contribution in [0.3, 0.4) is 0 Å². The van der Waals surface area contributed by atoms with E-state index in [1.165, 1.54) is 17.4 Å². The Labute approximate surface area is 182 Å². The lowest BCUT2D eigenvalue weighted by Gasteiger charge is -2.04. The topological polar surface area (TPSA) is 90.4 Å². The second kappa shape index (κ2) is 10.7. The largest absolute Gasteiger partial charge is 0.487 e. The first-order valence-electron chi connectivity index (χ1n) is 9.25. The third kappa shape index (κ3) is 6.78. The third-order valence-corrected chi connectivity index (χ3v) is 5.40. The van der Waals surface area contributed by atoms with Gasteiger partial charge in [-0.25, -0.2) is 9.97 Å². The van der Waals surface area contributed by atoms with Gasteiger partial charge in [0.15, 0.2) is 5.13 Å². The van der Waals surface area contributed by atoms with Crippen LogP contribution in [0.5, 0.6) is 5.75 Å². The predicted octanol–water partition coefficient (Wildman–Crippen LogP) is 4.24. The van der Waals surface area contributed by atoms with E-state index < -0.39 is 0 Å². The van der Waals surface area contributed by atoms with Gasteiger partial charge in [-0.15, -0.1) is 22.7 Å². The van der Waals surface area contributed by atoms with Gasteiger partial charge in [0.25, 0.3) is 0 Å². The van der Waals surface area contributed by atoms with Crippen LogP contribution in [0.15, 0.2) is 41.1 Å². The molecule has 0 radical (unpaired) electrons. The monoisotopic (exact) mass is 443 g/mol. The van der Waals surface area contributed by atoms with E-state index in [1.54, 1.807) is 29.7 Å². The molecule has 0 saturated heterocycles. The number of thiazole rings is 2. The number of ether oxygens (including phenoxy) is 2. The molecule has 3 rings (SSSR count). The predicted molar refractivity (Wildman–Crippen MR) is 118 cm³/mol. The summed E-state index contributed by atoms with van der Waals surface area (Å²) >= 11 is 2.86. The van der Waals surface area contributed by atoms with Crippen molar-refractivity contribution in [1.82, 2.24) is 9.97 Å². The lowest BCUT2D eigenvalue weighted by atomic mass is 10.2. The van der Waals surface area contributed by atoms with Crippen molar-refractivity contribution in [3.8, 4) is 5.75 Å². The Balaban J connectivity index is 1.47. The van der Waals surface area contributed by atoms with E-state index >= 15 is 0 Å². The van der Waals surface area contributed by atoms with Crippen molar-refractivity contribution < 1.29 is 19.1 Å². The summed E-state index contributed by atoms with van der Waals surface area (Å²) in [5, 5.41) is 7.84. The van der Waals surface area contributed by atoms with Gasteiger partial charge in [-0.1, -0.05) is 12.1 Å². The van der Waals surface area contributed by atoms with E-state index in [0.29, 0.717) is 24.0 Å². The fraction of sp³-hybridized carbons (Fsp3) is 0.238. The van der Waals surface area contributed by atoms with Gasteiger partial charge in [0, 0.05) is 16.8 Å². The first-order chi connectivity index (χ1) is 14.5.